The van der Waals surface area contributed by atoms with Gasteiger partial charge in [0.1, 0.15) is 10.7 Å². The summed E-state index contributed by atoms with van der Waals surface area (Å²) in [4.78, 5) is 22.3. The number of rotatable bonds is 2. The number of aromatic nitrogens is 2. The van der Waals surface area contributed by atoms with Crippen LogP contribution in [0.2, 0.25) is 10.0 Å². The first kappa shape index (κ1) is 16.8. The Morgan fingerprint density at radius 3 is 2.76 bits per heavy atom. The molecule has 1 aliphatic carbocycles. The van der Waals surface area contributed by atoms with E-state index in [-0.39, 0.29) is 5.56 Å². The maximum absolute atomic E-state index is 12.6. The van der Waals surface area contributed by atoms with Crippen LogP contribution in [0, 0.1) is 0 Å². The predicted octanol–water partition coefficient (Wildman–Crippen LogP) is 5.73. The number of hydrogen-bond donors (Lipinski definition) is 1. The molecule has 1 aliphatic rings. The van der Waals surface area contributed by atoms with E-state index in [9.17, 15) is 4.79 Å². The summed E-state index contributed by atoms with van der Waals surface area (Å²) in [7, 11) is 0. The van der Waals surface area contributed by atoms with Gasteiger partial charge >= 0.3 is 0 Å². The van der Waals surface area contributed by atoms with Crippen LogP contribution in [0.4, 0.5) is 0 Å². The molecule has 2 heterocycles. The highest BCUT2D eigenvalue weighted by Gasteiger charge is 2.18. The van der Waals surface area contributed by atoms with Crippen LogP contribution < -0.4 is 5.56 Å². The first-order valence-corrected chi connectivity index (χ1v) is 9.87. The van der Waals surface area contributed by atoms with E-state index in [1.807, 2.05) is 12.1 Å². The van der Waals surface area contributed by atoms with Crippen LogP contribution in [0.15, 0.2) is 23.0 Å². The second-order valence-corrected chi connectivity index (χ2v) is 8.10. The second kappa shape index (κ2) is 6.94. The first-order chi connectivity index (χ1) is 12.1. The van der Waals surface area contributed by atoms with Crippen molar-refractivity contribution in [3.8, 4) is 0 Å². The van der Waals surface area contributed by atoms with Crippen LogP contribution in [0.25, 0.3) is 22.4 Å². The average Bonchev–Trinajstić information content (AvgIpc) is 2.78. The summed E-state index contributed by atoms with van der Waals surface area (Å²) in [6.07, 6.45) is 9.29. The summed E-state index contributed by atoms with van der Waals surface area (Å²) in [5, 5.41) is 1.81. The van der Waals surface area contributed by atoms with Gasteiger partial charge in [0.05, 0.1) is 15.4 Å². The van der Waals surface area contributed by atoms with Gasteiger partial charge in [-0.05, 0) is 55.0 Å². The third-order valence-corrected chi connectivity index (χ3v) is 6.40. The van der Waals surface area contributed by atoms with E-state index in [1.165, 1.54) is 23.3 Å². The third-order valence-electron chi connectivity index (χ3n) is 4.47. The smallest absolute Gasteiger partial charge is 0.260 e. The predicted molar refractivity (Wildman–Crippen MR) is 107 cm³/mol. The number of hydrogen-bond acceptors (Lipinski definition) is 3. The lowest BCUT2D eigenvalue weighted by Gasteiger charge is -1.99. The number of aromatic amines is 1. The van der Waals surface area contributed by atoms with Gasteiger partial charge in [0, 0.05) is 4.88 Å². The molecule has 0 atom stereocenters. The number of nitrogens with one attached hydrogen (secondary N) is 1. The van der Waals surface area contributed by atoms with Crippen molar-refractivity contribution >= 4 is 56.9 Å². The van der Waals surface area contributed by atoms with E-state index in [1.54, 1.807) is 29.5 Å². The number of benzene rings is 1. The van der Waals surface area contributed by atoms with E-state index >= 15 is 0 Å². The van der Waals surface area contributed by atoms with Crippen molar-refractivity contribution in [2.45, 2.75) is 32.1 Å². The standard InChI is InChI=1S/C19H16Cl2N2OS/c20-13-8-6-11(10-14(13)21)7-9-16-22-18(24)17-12-4-2-1-3-5-15(12)25-19(17)23-16/h6-10H,1-5H2,(H,22,23,24). The molecule has 2 aromatic heterocycles. The highest BCUT2D eigenvalue weighted by atomic mass is 35.5. The van der Waals surface area contributed by atoms with Crippen LogP contribution in [0.1, 0.15) is 41.1 Å². The number of thiophene rings is 1. The average molecular weight is 391 g/mol. The topological polar surface area (TPSA) is 45.8 Å². The molecule has 0 fully saturated rings. The summed E-state index contributed by atoms with van der Waals surface area (Å²) in [6.45, 7) is 0. The highest BCUT2D eigenvalue weighted by Crippen LogP contribution is 2.33. The SMILES string of the molecule is O=c1[nH]c(C=Cc2ccc(Cl)c(Cl)c2)nc2sc3c(c12)CCCCC3. The Morgan fingerprint density at radius 2 is 1.92 bits per heavy atom. The molecule has 1 aromatic carbocycles. The molecule has 3 nitrogen and oxygen atoms in total. The van der Waals surface area contributed by atoms with Gasteiger partial charge in [-0.25, -0.2) is 4.98 Å². The van der Waals surface area contributed by atoms with E-state index in [0.717, 1.165) is 35.0 Å². The minimum atomic E-state index is -0.0433. The fourth-order valence-electron chi connectivity index (χ4n) is 3.23. The highest BCUT2D eigenvalue weighted by molar-refractivity contribution is 7.18. The summed E-state index contributed by atoms with van der Waals surface area (Å²) in [5.41, 5.74) is 2.07. The van der Waals surface area contributed by atoms with Gasteiger partial charge in [0.25, 0.3) is 5.56 Å². The van der Waals surface area contributed by atoms with Crippen molar-refractivity contribution in [2.75, 3.05) is 0 Å². The van der Waals surface area contributed by atoms with Gasteiger partial charge < -0.3 is 4.98 Å². The Hall–Kier alpha value is -1.62. The number of fused-ring (bicyclic) bond motifs is 3. The minimum absolute atomic E-state index is 0.0433. The molecule has 0 saturated heterocycles. The van der Waals surface area contributed by atoms with Crippen molar-refractivity contribution in [3.05, 3.63) is 60.4 Å². The minimum Gasteiger partial charge on any atom is -0.306 e. The summed E-state index contributed by atoms with van der Waals surface area (Å²) in [5.74, 6) is 0.556. The van der Waals surface area contributed by atoms with Gasteiger partial charge in [-0.3, -0.25) is 4.79 Å². The molecule has 1 N–H and O–H groups in total. The fourth-order valence-corrected chi connectivity index (χ4v) is 4.80. The number of nitrogens with zero attached hydrogens (tertiary/aromatic N) is 1. The monoisotopic (exact) mass is 390 g/mol. The molecular weight excluding hydrogens is 375 g/mol. The normalized spacial score (nSPS) is 14.8. The Bertz CT molecular complexity index is 1040. The maximum atomic E-state index is 12.6. The number of halogens is 2. The van der Waals surface area contributed by atoms with Gasteiger partial charge in [-0.2, -0.15) is 0 Å². The first-order valence-electron chi connectivity index (χ1n) is 8.29. The summed E-state index contributed by atoms with van der Waals surface area (Å²) < 4.78 is 0. The van der Waals surface area contributed by atoms with E-state index in [2.05, 4.69) is 9.97 Å². The van der Waals surface area contributed by atoms with Crippen LogP contribution >= 0.6 is 34.5 Å². The Balaban J connectivity index is 1.72. The Kier molecular flexibility index (Phi) is 4.67. The Morgan fingerprint density at radius 1 is 1.08 bits per heavy atom. The maximum Gasteiger partial charge on any atom is 0.260 e. The zero-order valence-electron chi connectivity index (χ0n) is 13.4. The van der Waals surface area contributed by atoms with Gasteiger partial charge in [0.2, 0.25) is 0 Å². The molecule has 0 saturated carbocycles. The van der Waals surface area contributed by atoms with E-state index < -0.39 is 0 Å². The zero-order chi connectivity index (χ0) is 17.4. The fraction of sp³-hybridized carbons (Fsp3) is 0.263. The molecule has 0 aliphatic heterocycles. The molecular formula is C19H16Cl2N2OS. The van der Waals surface area contributed by atoms with Crippen molar-refractivity contribution in [2.24, 2.45) is 0 Å². The van der Waals surface area contributed by atoms with Crippen molar-refractivity contribution in [1.29, 1.82) is 0 Å². The lowest BCUT2D eigenvalue weighted by atomic mass is 10.1. The quantitative estimate of drug-likeness (QED) is 0.567. The molecule has 0 amide bonds. The molecule has 0 radical (unpaired) electrons. The van der Waals surface area contributed by atoms with E-state index in [4.69, 9.17) is 23.2 Å². The van der Waals surface area contributed by atoms with E-state index in [0.29, 0.717) is 15.9 Å². The summed E-state index contributed by atoms with van der Waals surface area (Å²) in [6, 6.07) is 5.40. The molecule has 4 rings (SSSR count). The van der Waals surface area contributed by atoms with Gasteiger partial charge in [-0.15, -0.1) is 11.3 Å². The van der Waals surface area contributed by atoms with Crippen molar-refractivity contribution < 1.29 is 0 Å². The lowest BCUT2D eigenvalue weighted by molar-refractivity contribution is 0.713. The molecule has 0 spiro atoms. The molecule has 25 heavy (non-hydrogen) atoms. The van der Waals surface area contributed by atoms with Crippen LogP contribution in [-0.2, 0) is 12.8 Å². The molecule has 0 unspecified atom stereocenters. The summed E-state index contributed by atoms with van der Waals surface area (Å²) >= 11 is 13.6. The van der Waals surface area contributed by atoms with Crippen LogP contribution in [0.5, 0.6) is 0 Å². The molecule has 3 aromatic rings. The van der Waals surface area contributed by atoms with Crippen LogP contribution in [-0.4, -0.2) is 9.97 Å². The molecule has 0 bridgehead atoms. The van der Waals surface area contributed by atoms with Gasteiger partial charge in [-0.1, -0.05) is 41.8 Å². The number of aryl methyl sites for hydroxylation is 2. The molecule has 6 heteroatoms. The third kappa shape index (κ3) is 3.39. The lowest BCUT2D eigenvalue weighted by Crippen LogP contribution is -2.10. The largest absolute Gasteiger partial charge is 0.306 e. The van der Waals surface area contributed by atoms with Gasteiger partial charge in [0.15, 0.2) is 0 Å². The van der Waals surface area contributed by atoms with Crippen LogP contribution in [0.3, 0.4) is 0 Å². The van der Waals surface area contributed by atoms with Crippen molar-refractivity contribution in [3.63, 3.8) is 0 Å². The molecule has 128 valence electrons. The van der Waals surface area contributed by atoms with Crippen molar-refractivity contribution in [1.82, 2.24) is 9.97 Å². The number of H-pyrrole nitrogens is 1. The second-order valence-electron chi connectivity index (χ2n) is 6.20. The Labute approximate surface area is 159 Å². The zero-order valence-corrected chi connectivity index (χ0v) is 15.8.